The van der Waals surface area contributed by atoms with Crippen molar-refractivity contribution in [2.45, 2.75) is 38.0 Å². The molecule has 1 fully saturated rings. The second-order valence-corrected chi connectivity index (χ2v) is 5.40. The molecule has 5 heteroatoms. The van der Waals surface area contributed by atoms with Crippen LogP contribution in [0.25, 0.3) is 0 Å². The van der Waals surface area contributed by atoms with E-state index in [4.69, 9.17) is 15.2 Å². The third-order valence-corrected chi connectivity index (χ3v) is 4.06. The number of nitrogens with zero attached hydrogens (tertiary/aromatic N) is 2. The number of hydrogen-bond acceptors (Lipinski definition) is 5. The van der Waals surface area contributed by atoms with Crippen LogP contribution in [0.1, 0.15) is 19.8 Å². The number of methoxy groups -OCH3 is 1. The summed E-state index contributed by atoms with van der Waals surface area (Å²) in [5, 5.41) is 0. The predicted octanol–water partition coefficient (Wildman–Crippen LogP) is 1.77. The van der Waals surface area contributed by atoms with Crippen LogP contribution in [0.3, 0.4) is 0 Å². The first-order valence-electron chi connectivity index (χ1n) is 7.07. The lowest BCUT2D eigenvalue weighted by atomic mass is 10.1. The normalized spacial score (nSPS) is 29.6. The Hall–Kier alpha value is -1.75. The van der Waals surface area contributed by atoms with Crippen molar-refractivity contribution in [1.29, 1.82) is 0 Å². The molecule has 3 rings (SSSR count). The maximum Gasteiger partial charge on any atom is 0.196 e. The second kappa shape index (κ2) is 5.32. The molecule has 2 heterocycles. The maximum absolute atomic E-state index is 6.06. The van der Waals surface area contributed by atoms with Crippen molar-refractivity contribution in [2.24, 2.45) is 10.7 Å². The van der Waals surface area contributed by atoms with E-state index in [-0.39, 0.29) is 12.1 Å². The molecule has 3 unspecified atom stereocenters. The van der Waals surface area contributed by atoms with E-state index in [0.29, 0.717) is 18.6 Å². The van der Waals surface area contributed by atoms with Crippen molar-refractivity contribution in [2.75, 3.05) is 18.6 Å². The Morgan fingerprint density at radius 2 is 2.05 bits per heavy atom. The van der Waals surface area contributed by atoms with Crippen molar-refractivity contribution in [3.8, 4) is 5.75 Å². The molecule has 0 spiro atoms. The van der Waals surface area contributed by atoms with Gasteiger partial charge in [0.1, 0.15) is 5.75 Å². The average molecular weight is 275 g/mol. The van der Waals surface area contributed by atoms with Crippen molar-refractivity contribution in [1.82, 2.24) is 0 Å². The van der Waals surface area contributed by atoms with Gasteiger partial charge >= 0.3 is 0 Å². The second-order valence-electron chi connectivity index (χ2n) is 5.40. The van der Waals surface area contributed by atoms with E-state index in [1.807, 2.05) is 24.3 Å². The highest BCUT2D eigenvalue weighted by Gasteiger charge is 2.38. The van der Waals surface area contributed by atoms with Gasteiger partial charge in [0.05, 0.1) is 31.9 Å². The van der Waals surface area contributed by atoms with E-state index in [9.17, 15) is 0 Å². The van der Waals surface area contributed by atoms with E-state index < -0.39 is 0 Å². The molecule has 0 amide bonds. The molecule has 2 N–H and O–H groups in total. The summed E-state index contributed by atoms with van der Waals surface area (Å²) in [6, 6.07) is 8.11. The molecule has 0 bridgehead atoms. The van der Waals surface area contributed by atoms with Crippen molar-refractivity contribution in [3.05, 3.63) is 24.3 Å². The third-order valence-electron chi connectivity index (χ3n) is 4.06. The first-order chi connectivity index (χ1) is 9.69. The van der Waals surface area contributed by atoms with Crippen LogP contribution < -0.4 is 15.4 Å². The van der Waals surface area contributed by atoms with E-state index in [2.05, 4.69) is 16.8 Å². The zero-order valence-electron chi connectivity index (χ0n) is 12.0. The van der Waals surface area contributed by atoms with Gasteiger partial charge in [-0.05, 0) is 44.0 Å². The molecular weight excluding hydrogens is 254 g/mol. The quantitative estimate of drug-likeness (QED) is 0.913. The smallest absolute Gasteiger partial charge is 0.196 e. The van der Waals surface area contributed by atoms with Crippen LogP contribution in [0.4, 0.5) is 5.69 Å². The van der Waals surface area contributed by atoms with Gasteiger partial charge in [-0.3, -0.25) is 4.99 Å². The number of hydrogen-bond donors (Lipinski definition) is 1. The fourth-order valence-corrected chi connectivity index (χ4v) is 2.98. The molecule has 3 atom stereocenters. The molecule has 0 aliphatic carbocycles. The van der Waals surface area contributed by atoms with E-state index in [0.717, 1.165) is 24.3 Å². The Morgan fingerprint density at radius 1 is 1.30 bits per heavy atom. The standard InChI is InChI=1S/C15H21N3O2/c1-10-3-8-14(20-10)13-9-17-15(16)18(13)11-4-6-12(19-2)7-5-11/h4-7,10,13-14H,3,8-9H2,1-2H3,(H2,16,17). The summed E-state index contributed by atoms with van der Waals surface area (Å²) in [5.74, 6) is 1.41. The summed E-state index contributed by atoms with van der Waals surface area (Å²) in [4.78, 5) is 6.48. The van der Waals surface area contributed by atoms with Crippen LogP contribution >= 0.6 is 0 Å². The third kappa shape index (κ3) is 2.33. The minimum atomic E-state index is 0.202. The minimum Gasteiger partial charge on any atom is -0.497 e. The van der Waals surface area contributed by atoms with Gasteiger partial charge in [0.2, 0.25) is 0 Å². The van der Waals surface area contributed by atoms with Gasteiger partial charge < -0.3 is 20.1 Å². The lowest BCUT2D eigenvalue weighted by molar-refractivity contribution is 0.0440. The summed E-state index contributed by atoms with van der Waals surface area (Å²) in [6.45, 7) is 2.83. The van der Waals surface area contributed by atoms with Crippen molar-refractivity contribution in [3.63, 3.8) is 0 Å². The van der Waals surface area contributed by atoms with Gasteiger partial charge in [0.15, 0.2) is 5.96 Å². The topological polar surface area (TPSA) is 60.1 Å². The summed E-state index contributed by atoms with van der Waals surface area (Å²) in [5.41, 5.74) is 7.10. The van der Waals surface area contributed by atoms with Crippen LogP contribution in [0.2, 0.25) is 0 Å². The number of anilines is 1. The summed E-state index contributed by atoms with van der Waals surface area (Å²) >= 11 is 0. The molecular formula is C15H21N3O2. The van der Waals surface area contributed by atoms with Gasteiger partial charge in [-0.2, -0.15) is 0 Å². The maximum atomic E-state index is 6.06. The SMILES string of the molecule is COc1ccc(N2C(N)=NCC2C2CCC(C)O2)cc1. The number of guanidine groups is 1. The fraction of sp³-hybridized carbons (Fsp3) is 0.533. The number of rotatable bonds is 3. The van der Waals surface area contributed by atoms with Gasteiger partial charge in [0.25, 0.3) is 0 Å². The summed E-state index contributed by atoms with van der Waals surface area (Å²) in [6.07, 6.45) is 2.72. The van der Waals surface area contributed by atoms with Crippen molar-refractivity contribution >= 4 is 11.6 Å². The molecule has 1 aromatic rings. The molecule has 1 saturated heterocycles. The largest absolute Gasteiger partial charge is 0.497 e. The zero-order valence-corrected chi connectivity index (χ0v) is 12.0. The van der Waals surface area contributed by atoms with Gasteiger partial charge in [0, 0.05) is 5.69 Å². The highest BCUT2D eigenvalue weighted by atomic mass is 16.5. The Labute approximate surface area is 119 Å². The van der Waals surface area contributed by atoms with E-state index >= 15 is 0 Å². The van der Waals surface area contributed by atoms with Crippen LogP contribution in [-0.4, -0.2) is 37.9 Å². The Bertz CT molecular complexity index is 500. The lowest BCUT2D eigenvalue weighted by Gasteiger charge is -2.30. The first kappa shape index (κ1) is 13.2. The molecule has 0 radical (unpaired) electrons. The molecule has 20 heavy (non-hydrogen) atoms. The minimum absolute atomic E-state index is 0.202. The summed E-state index contributed by atoms with van der Waals surface area (Å²) in [7, 11) is 1.66. The lowest BCUT2D eigenvalue weighted by Crippen LogP contribution is -2.47. The van der Waals surface area contributed by atoms with Gasteiger partial charge in [-0.25, -0.2) is 0 Å². The number of ether oxygens (including phenoxy) is 2. The number of nitrogens with two attached hydrogens (primary N) is 1. The van der Waals surface area contributed by atoms with Crippen LogP contribution in [-0.2, 0) is 4.74 Å². The van der Waals surface area contributed by atoms with Crippen LogP contribution in [0.15, 0.2) is 29.3 Å². The fourth-order valence-electron chi connectivity index (χ4n) is 2.98. The first-order valence-corrected chi connectivity index (χ1v) is 7.07. The van der Waals surface area contributed by atoms with Crippen molar-refractivity contribution < 1.29 is 9.47 Å². The molecule has 0 saturated carbocycles. The predicted molar refractivity (Wildman–Crippen MR) is 79.3 cm³/mol. The molecule has 2 aliphatic heterocycles. The Balaban J connectivity index is 1.82. The van der Waals surface area contributed by atoms with Gasteiger partial charge in [-0.1, -0.05) is 0 Å². The van der Waals surface area contributed by atoms with Crippen LogP contribution in [0.5, 0.6) is 5.75 Å². The molecule has 108 valence electrons. The Morgan fingerprint density at radius 3 is 2.65 bits per heavy atom. The van der Waals surface area contributed by atoms with Gasteiger partial charge in [-0.15, -0.1) is 0 Å². The zero-order chi connectivity index (χ0) is 14.1. The molecule has 5 nitrogen and oxygen atoms in total. The average Bonchev–Trinajstić information content (AvgIpc) is 3.05. The van der Waals surface area contributed by atoms with E-state index in [1.165, 1.54) is 0 Å². The molecule has 1 aromatic carbocycles. The van der Waals surface area contributed by atoms with Crippen LogP contribution in [0, 0.1) is 0 Å². The highest BCUT2D eigenvalue weighted by molar-refractivity contribution is 5.97. The highest BCUT2D eigenvalue weighted by Crippen LogP contribution is 2.31. The van der Waals surface area contributed by atoms with E-state index in [1.54, 1.807) is 7.11 Å². The number of benzene rings is 1. The number of aliphatic imine (C=N–C) groups is 1. The molecule has 0 aromatic heterocycles. The Kier molecular flexibility index (Phi) is 3.53. The monoisotopic (exact) mass is 275 g/mol. The molecule has 2 aliphatic rings. The summed E-state index contributed by atoms with van der Waals surface area (Å²) < 4.78 is 11.2.